The van der Waals surface area contributed by atoms with Crippen molar-refractivity contribution in [1.29, 1.82) is 0 Å². The van der Waals surface area contributed by atoms with E-state index in [-0.39, 0.29) is 0 Å². The van der Waals surface area contributed by atoms with Crippen LogP contribution in [0.15, 0.2) is 17.2 Å². The smallest absolute Gasteiger partial charge is 0.244 e. The zero-order chi connectivity index (χ0) is 14.4. The van der Waals surface area contributed by atoms with E-state index in [0.717, 1.165) is 36.6 Å². The predicted molar refractivity (Wildman–Crippen MR) is 83.5 cm³/mol. The van der Waals surface area contributed by atoms with Crippen molar-refractivity contribution in [3.05, 3.63) is 18.0 Å². The second kappa shape index (κ2) is 7.49. The third-order valence-electron chi connectivity index (χ3n) is 3.28. The topological polar surface area (TPSA) is 65.2 Å². The number of nitrogens with zero attached hydrogens (tertiary/aromatic N) is 1. The van der Waals surface area contributed by atoms with Crippen molar-refractivity contribution in [2.75, 3.05) is 31.1 Å². The first kappa shape index (κ1) is 15.9. The summed E-state index contributed by atoms with van der Waals surface area (Å²) in [5.41, 5.74) is 0.918. The van der Waals surface area contributed by atoms with Crippen molar-refractivity contribution < 1.29 is 8.42 Å². The molecule has 1 aromatic rings. The van der Waals surface area contributed by atoms with Crippen LogP contribution in [0.25, 0.3) is 0 Å². The molecule has 20 heavy (non-hydrogen) atoms. The van der Waals surface area contributed by atoms with Gasteiger partial charge in [-0.05, 0) is 31.2 Å². The number of aromatic nitrogens is 1. The highest BCUT2D eigenvalue weighted by Crippen LogP contribution is 2.20. The number of rotatable bonds is 6. The molecule has 2 N–H and O–H groups in total. The minimum absolute atomic E-state index is 0.387. The summed E-state index contributed by atoms with van der Waals surface area (Å²) in [6.07, 6.45) is 3.60. The highest BCUT2D eigenvalue weighted by Gasteiger charge is 2.26. The lowest BCUT2D eigenvalue weighted by Gasteiger charge is -2.18. The third-order valence-corrected chi connectivity index (χ3v) is 6.20. The molecule has 0 saturated carbocycles. The second-order valence-electron chi connectivity index (χ2n) is 4.91. The standard InChI is InChI=1S/C13H23N3O2S2/c1-2-4-14-10-12-9-13(11-15-12)20(17,18)16-5-3-7-19-8-6-16/h9,11,14-15H,2-8,10H2,1H3. The maximum atomic E-state index is 12.6. The Hall–Kier alpha value is -0.500. The van der Waals surface area contributed by atoms with Crippen LogP contribution in [0.1, 0.15) is 25.5 Å². The number of nitrogens with one attached hydrogen (secondary N) is 2. The van der Waals surface area contributed by atoms with E-state index in [2.05, 4.69) is 17.2 Å². The van der Waals surface area contributed by atoms with Crippen molar-refractivity contribution in [2.45, 2.75) is 31.2 Å². The SMILES string of the molecule is CCCNCc1cc(S(=O)(=O)N2CCCSCC2)c[nH]1. The number of hydrogen-bond acceptors (Lipinski definition) is 4. The molecule has 0 aliphatic carbocycles. The monoisotopic (exact) mass is 317 g/mol. The van der Waals surface area contributed by atoms with Crippen LogP contribution in [0, 0.1) is 0 Å². The van der Waals surface area contributed by atoms with Gasteiger partial charge in [-0.1, -0.05) is 6.92 Å². The van der Waals surface area contributed by atoms with Gasteiger partial charge in [0.1, 0.15) is 0 Å². The molecule has 114 valence electrons. The molecule has 1 saturated heterocycles. The van der Waals surface area contributed by atoms with Crippen molar-refractivity contribution in [3.63, 3.8) is 0 Å². The van der Waals surface area contributed by atoms with Gasteiger partial charge in [-0.3, -0.25) is 0 Å². The van der Waals surface area contributed by atoms with E-state index in [0.29, 0.717) is 24.5 Å². The zero-order valence-electron chi connectivity index (χ0n) is 11.9. The van der Waals surface area contributed by atoms with Crippen molar-refractivity contribution >= 4 is 21.8 Å². The first-order chi connectivity index (χ1) is 9.64. The minimum Gasteiger partial charge on any atom is -0.363 e. The Balaban J connectivity index is 2.05. The van der Waals surface area contributed by atoms with Crippen LogP contribution in [0.2, 0.25) is 0 Å². The fourth-order valence-electron chi connectivity index (χ4n) is 2.18. The molecule has 0 amide bonds. The zero-order valence-corrected chi connectivity index (χ0v) is 13.5. The van der Waals surface area contributed by atoms with E-state index in [4.69, 9.17) is 0 Å². The Morgan fingerprint density at radius 3 is 3.05 bits per heavy atom. The normalized spacial score (nSPS) is 18.1. The highest BCUT2D eigenvalue weighted by molar-refractivity contribution is 7.99. The lowest BCUT2D eigenvalue weighted by Crippen LogP contribution is -2.32. The minimum atomic E-state index is -3.33. The highest BCUT2D eigenvalue weighted by atomic mass is 32.2. The summed E-state index contributed by atoms with van der Waals surface area (Å²) < 4.78 is 26.7. The van der Waals surface area contributed by atoms with E-state index >= 15 is 0 Å². The molecule has 0 bridgehead atoms. The van der Waals surface area contributed by atoms with Crippen LogP contribution in [-0.2, 0) is 16.6 Å². The maximum Gasteiger partial charge on any atom is 0.244 e. The van der Waals surface area contributed by atoms with Gasteiger partial charge in [-0.15, -0.1) is 0 Å². The summed E-state index contributed by atoms with van der Waals surface area (Å²) >= 11 is 1.83. The third kappa shape index (κ3) is 4.00. The van der Waals surface area contributed by atoms with E-state index in [1.165, 1.54) is 0 Å². The predicted octanol–water partition coefficient (Wildman–Crippen LogP) is 1.64. The van der Waals surface area contributed by atoms with Gasteiger partial charge < -0.3 is 10.3 Å². The average molecular weight is 317 g/mol. The second-order valence-corrected chi connectivity index (χ2v) is 8.07. The Morgan fingerprint density at radius 1 is 1.40 bits per heavy atom. The summed E-state index contributed by atoms with van der Waals surface area (Å²) in [7, 11) is -3.33. The van der Waals surface area contributed by atoms with Crippen molar-refractivity contribution in [3.8, 4) is 0 Å². The number of H-pyrrole nitrogens is 1. The molecule has 5 nitrogen and oxygen atoms in total. The van der Waals surface area contributed by atoms with Gasteiger partial charge in [-0.25, -0.2) is 8.42 Å². The lowest BCUT2D eigenvalue weighted by atomic mass is 10.4. The molecule has 1 fully saturated rings. The summed E-state index contributed by atoms with van der Waals surface area (Å²) in [6.45, 7) is 4.96. The summed E-state index contributed by atoms with van der Waals surface area (Å²) in [6, 6.07) is 1.75. The molecule has 1 aromatic heterocycles. The molecule has 0 spiro atoms. The van der Waals surface area contributed by atoms with Crippen LogP contribution in [0.5, 0.6) is 0 Å². The first-order valence-corrected chi connectivity index (χ1v) is 9.70. The Kier molecular flexibility index (Phi) is 5.95. The van der Waals surface area contributed by atoms with Gasteiger partial charge >= 0.3 is 0 Å². The Bertz CT molecular complexity index is 505. The summed E-state index contributed by atoms with van der Waals surface area (Å²) in [5, 5.41) is 3.26. The Labute approximate surface area is 125 Å². The number of aromatic amines is 1. The van der Waals surface area contributed by atoms with Gasteiger partial charge in [0, 0.05) is 37.3 Å². The maximum absolute atomic E-state index is 12.6. The van der Waals surface area contributed by atoms with Crippen LogP contribution in [0.3, 0.4) is 0 Å². The molecular weight excluding hydrogens is 294 g/mol. The molecule has 2 heterocycles. The number of thioether (sulfide) groups is 1. The van der Waals surface area contributed by atoms with Gasteiger partial charge in [0.2, 0.25) is 10.0 Å². The Morgan fingerprint density at radius 2 is 2.25 bits per heavy atom. The van der Waals surface area contributed by atoms with Gasteiger partial charge in [0.05, 0.1) is 4.90 Å². The lowest BCUT2D eigenvalue weighted by molar-refractivity contribution is 0.435. The van der Waals surface area contributed by atoms with E-state index in [1.807, 2.05) is 11.8 Å². The molecule has 1 aliphatic heterocycles. The number of sulfonamides is 1. The fourth-order valence-corrected chi connectivity index (χ4v) is 4.68. The largest absolute Gasteiger partial charge is 0.363 e. The number of hydrogen-bond donors (Lipinski definition) is 2. The average Bonchev–Trinajstić information content (AvgIpc) is 2.73. The van der Waals surface area contributed by atoms with Crippen LogP contribution in [-0.4, -0.2) is 48.8 Å². The van der Waals surface area contributed by atoms with Crippen molar-refractivity contribution in [2.24, 2.45) is 0 Å². The quantitative estimate of drug-likeness (QED) is 0.783. The van der Waals surface area contributed by atoms with Crippen LogP contribution < -0.4 is 5.32 Å². The molecule has 0 aromatic carbocycles. The molecule has 7 heteroatoms. The fraction of sp³-hybridized carbons (Fsp3) is 0.692. The molecular formula is C13H23N3O2S2. The van der Waals surface area contributed by atoms with E-state index in [1.54, 1.807) is 16.6 Å². The van der Waals surface area contributed by atoms with E-state index < -0.39 is 10.0 Å². The van der Waals surface area contributed by atoms with Gasteiger partial charge in [0.15, 0.2) is 0 Å². The van der Waals surface area contributed by atoms with Gasteiger partial charge in [-0.2, -0.15) is 16.1 Å². The van der Waals surface area contributed by atoms with Gasteiger partial charge in [0.25, 0.3) is 0 Å². The molecule has 1 aliphatic rings. The molecule has 2 rings (SSSR count). The van der Waals surface area contributed by atoms with Crippen LogP contribution >= 0.6 is 11.8 Å². The molecule has 0 unspecified atom stereocenters. The van der Waals surface area contributed by atoms with E-state index in [9.17, 15) is 8.42 Å². The molecule has 0 radical (unpaired) electrons. The van der Waals surface area contributed by atoms with Crippen molar-refractivity contribution in [1.82, 2.24) is 14.6 Å². The molecule has 0 atom stereocenters. The summed E-state index contributed by atoms with van der Waals surface area (Å²) in [5.74, 6) is 1.93. The summed E-state index contributed by atoms with van der Waals surface area (Å²) in [4.78, 5) is 3.44. The van der Waals surface area contributed by atoms with Crippen LogP contribution in [0.4, 0.5) is 0 Å². The first-order valence-electron chi connectivity index (χ1n) is 7.10.